The van der Waals surface area contributed by atoms with Crippen molar-refractivity contribution in [2.45, 2.75) is 13.0 Å². The molecule has 0 unspecified atom stereocenters. The smallest absolute Gasteiger partial charge is 0.251 e. The molecule has 2 amide bonds. The SMILES string of the molecule is CNC(=O)c1cccc(-c2nc(N3CCOCC3)nc3c2CC(=O)N3Cc2ccc(OC)cc2)c1. The number of carbonyl (C=O) groups excluding carboxylic acids is 2. The largest absolute Gasteiger partial charge is 0.497 e. The van der Waals surface area contributed by atoms with Gasteiger partial charge in [0.15, 0.2) is 0 Å². The summed E-state index contributed by atoms with van der Waals surface area (Å²) >= 11 is 0. The van der Waals surface area contributed by atoms with Crippen LogP contribution in [0.3, 0.4) is 0 Å². The average Bonchev–Trinajstić information content (AvgIpc) is 3.23. The second-order valence-corrected chi connectivity index (χ2v) is 8.44. The molecule has 2 aromatic carbocycles. The van der Waals surface area contributed by atoms with E-state index in [-0.39, 0.29) is 18.2 Å². The lowest BCUT2D eigenvalue weighted by atomic mass is 10.0. The van der Waals surface area contributed by atoms with Gasteiger partial charge in [-0.2, -0.15) is 4.98 Å². The van der Waals surface area contributed by atoms with Crippen LogP contribution in [0.2, 0.25) is 0 Å². The average molecular weight is 474 g/mol. The Morgan fingerprint density at radius 2 is 1.89 bits per heavy atom. The molecule has 2 aliphatic heterocycles. The summed E-state index contributed by atoms with van der Waals surface area (Å²) in [4.78, 5) is 39.0. The van der Waals surface area contributed by atoms with Crippen LogP contribution in [-0.2, 0) is 22.5 Å². The highest BCUT2D eigenvalue weighted by molar-refractivity contribution is 6.03. The van der Waals surface area contributed by atoms with Crippen molar-refractivity contribution in [1.82, 2.24) is 15.3 Å². The van der Waals surface area contributed by atoms with Gasteiger partial charge in [0.1, 0.15) is 11.6 Å². The molecule has 0 bridgehead atoms. The van der Waals surface area contributed by atoms with Crippen molar-refractivity contribution in [2.24, 2.45) is 0 Å². The van der Waals surface area contributed by atoms with Crippen LogP contribution >= 0.6 is 0 Å². The molecule has 9 nitrogen and oxygen atoms in total. The predicted molar refractivity (Wildman–Crippen MR) is 132 cm³/mol. The molecule has 0 spiro atoms. The van der Waals surface area contributed by atoms with Gasteiger partial charge in [-0.3, -0.25) is 14.5 Å². The van der Waals surface area contributed by atoms with E-state index >= 15 is 0 Å². The Morgan fingerprint density at radius 1 is 1.11 bits per heavy atom. The number of hydrogen-bond acceptors (Lipinski definition) is 7. The Labute approximate surface area is 203 Å². The second-order valence-electron chi connectivity index (χ2n) is 8.44. The Kier molecular flexibility index (Phi) is 6.33. The molecule has 1 fully saturated rings. The van der Waals surface area contributed by atoms with Crippen molar-refractivity contribution in [3.05, 3.63) is 65.2 Å². The van der Waals surface area contributed by atoms with E-state index in [2.05, 4.69) is 10.2 Å². The number of aromatic nitrogens is 2. The van der Waals surface area contributed by atoms with E-state index in [1.165, 1.54) is 0 Å². The summed E-state index contributed by atoms with van der Waals surface area (Å²) in [5.74, 6) is 1.72. The summed E-state index contributed by atoms with van der Waals surface area (Å²) in [5.41, 5.74) is 3.73. The molecule has 180 valence electrons. The van der Waals surface area contributed by atoms with Crippen LogP contribution in [0.4, 0.5) is 11.8 Å². The highest BCUT2D eigenvalue weighted by Gasteiger charge is 2.34. The zero-order chi connectivity index (χ0) is 24.4. The van der Waals surface area contributed by atoms with Crippen molar-refractivity contribution in [1.29, 1.82) is 0 Å². The molecule has 1 aromatic heterocycles. The Bertz CT molecular complexity index is 1260. The lowest BCUT2D eigenvalue weighted by Gasteiger charge is -2.28. The highest BCUT2D eigenvalue weighted by atomic mass is 16.5. The van der Waals surface area contributed by atoms with Crippen molar-refractivity contribution >= 4 is 23.6 Å². The van der Waals surface area contributed by atoms with Gasteiger partial charge in [0.25, 0.3) is 5.91 Å². The van der Waals surface area contributed by atoms with Gasteiger partial charge in [0.05, 0.1) is 39.0 Å². The normalized spacial score (nSPS) is 15.2. The second kappa shape index (κ2) is 9.71. The van der Waals surface area contributed by atoms with Crippen molar-refractivity contribution in [3.8, 4) is 17.0 Å². The van der Waals surface area contributed by atoms with Gasteiger partial charge in [-0.1, -0.05) is 24.3 Å². The standard InChI is InChI=1S/C26H27N5O4/c1-27-25(33)19-5-3-4-18(14-19)23-21-15-22(32)31(16-17-6-8-20(34-2)9-7-17)24(21)29-26(28-23)30-10-12-35-13-11-30/h3-9,14H,10-13,15-16H2,1-2H3,(H,27,33). The first-order valence-corrected chi connectivity index (χ1v) is 11.6. The minimum absolute atomic E-state index is 0.0343. The van der Waals surface area contributed by atoms with Gasteiger partial charge >= 0.3 is 0 Å². The maximum atomic E-state index is 13.2. The number of fused-ring (bicyclic) bond motifs is 1. The fraction of sp³-hybridized carbons (Fsp3) is 0.308. The molecular formula is C26H27N5O4. The third-order valence-corrected chi connectivity index (χ3v) is 6.28. The fourth-order valence-corrected chi connectivity index (χ4v) is 4.38. The molecule has 5 rings (SSSR count). The number of hydrogen-bond donors (Lipinski definition) is 1. The first-order chi connectivity index (χ1) is 17.1. The molecule has 0 atom stereocenters. The number of rotatable bonds is 6. The summed E-state index contributed by atoms with van der Waals surface area (Å²) in [5, 5.41) is 2.66. The molecular weight excluding hydrogens is 446 g/mol. The summed E-state index contributed by atoms with van der Waals surface area (Å²) in [7, 11) is 3.23. The van der Waals surface area contributed by atoms with E-state index in [4.69, 9.17) is 19.4 Å². The zero-order valence-electron chi connectivity index (χ0n) is 19.8. The monoisotopic (exact) mass is 473 g/mol. The molecule has 1 saturated heterocycles. The molecule has 35 heavy (non-hydrogen) atoms. The number of nitrogens with zero attached hydrogens (tertiary/aromatic N) is 4. The zero-order valence-corrected chi connectivity index (χ0v) is 19.8. The summed E-state index contributed by atoms with van der Waals surface area (Å²) in [6.45, 7) is 2.92. The van der Waals surface area contributed by atoms with Crippen LogP contribution < -0.4 is 19.9 Å². The van der Waals surface area contributed by atoms with E-state index in [0.29, 0.717) is 55.9 Å². The van der Waals surface area contributed by atoms with E-state index in [1.807, 2.05) is 36.4 Å². The molecule has 3 aromatic rings. The number of morpholine rings is 1. The first kappa shape index (κ1) is 22.8. The number of nitrogens with one attached hydrogen (secondary N) is 1. The number of ether oxygens (including phenoxy) is 2. The van der Waals surface area contributed by atoms with Crippen molar-refractivity contribution in [2.75, 3.05) is 50.3 Å². The maximum absolute atomic E-state index is 13.2. The van der Waals surface area contributed by atoms with Crippen LogP contribution in [0.5, 0.6) is 5.75 Å². The molecule has 0 radical (unpaired) electrons. The number of methoxy groups -OCH3 is 1. The fourth-order valence-electron chi connectivity index (χ4n) is 4.38. The van der Waals surface area contributed by atoms with E-state index < -0.39 is 0 Å². The topological polar surface area (TPSA) is 96.9 Å². The molecule has 0 saturated carbocycles. The van der Waals surface area contributed by atoms with Gasteiger partial charge in [0, 0.05) is 36.8 Å². The molecule has 3 heterocycles. The van der Waals surface area contributed by atoms with E-state index in [0.717, 1.165) is 22.4 Å². The Hall–Kier alpha value is -3.98. The lowest BCUT2D eigenvalue weighted by Crippen LogP contribution is -2.37. The van der Waals surface area contributed by atoms with Crippen LogP contribution in [0.15, 0.2) is 48.5 Å². The minimum Gasteiger partial charge on any atom is -0.497 e. The molecule has 0 aliphatic carbocycles. The predicted octanol–water partition coefficient (Wildman–Crippen LogP) is 2.44. The van der Waals surface area contributed by atoms with Crippen LogP contribution in [0.1, 0.15) is 21.5 Å². The summed E-state index contributed by atoms with van der Waals surface area (Å²) in [6, 6.07) is 15.0. The third kappa shape index (κ3) is 4.54. The van der Waals surface area contributed by atoms with E-state index in [1.54, 1.807) is 31.2 Å². The Morgan fingerprint density at radius 3 is 2.60 bits per heavy atom. The summed E-state index contributed by atoms with van der Waals surface area (Å²) in [6.07, 6.45) is 0.203. The van der Waals surface area contributed by atoms with Gasteiger partial charge in [0.2, 0.25) is 11.9 Å². The van der Waals surface area contributed by atoms with Crippen molar-refractivity contribution < 1.29 is 19.1 Å². The van der Waals surface area contributed by atoms with E-state index in [9.17, 15) is 9.59 Å². The van der Waals surface area contributed by atoms with Gasteiger partial charge in [-0.25, -0.2) is 4.98 Å². The molecule has 2 aliphatic rings. The quantitative estimate of drug-likeness (QED) is 0.587. The number of anilines is 2. The first-order valence-electron chi connectivity index (χ1n) is 11.6. The van der Waals surface area contributed by atoms with Gasteiger partial charge in [-0.15, -0.1) is 0 Å². The highest BCUT2D eigenvalue weighted by Crippen LogP contribution is 2.37. The number of carbonyl (C=O) groups is 2. The van der Waals surface area contributed by atoms with Crippen LogP contribution in [0.25, 0.3) is 11.3 Å². The maximum Gasteiger partial charge on any atom is 0.251 e. The summed E-state index contributed by atoms with van der Waals surface area (Å²) < 4.78 is 10.8. The van der Waals surface area contributed by atoms with Crippen LogP contribution in [-0.4, -0.2) is 62.2 Å². The lowest BCUT2D eigenvalue weighted by molar-refractivity contribution is -0.117. The van der Waals surface area contributed by atoms with Gasteiger partial charge in [-0.05, 0) is 29.8 Å². The molecule has 1 N–H and O–H groups in total. The van der Waals surface area contributed by atoms with Crippen molar-refractivity contribution in [3.63, 3.8) is 0 Å². The third-order valence-electron chi connectivity index (χ3n) is 6.28. The minimum atomic E-state index is -0.178. The Balaban J connectivity index is 1.59. The number of amides is 2. The number of benzene rings is 2. The van der Waals surface area contributed by atoms with Crippen LogP contribution in [0, 0.1) is 0 Å². The molecule has 9 heteroatoms. The van der Waals surface area contributed by atoms with Gasteiger partial charge < -0.3 is 19.7 Å².